The number of ether oxygens (including phenoxy) is 1. The molecule has 3 aromatic rings. The maximum atomic E-state index is 5.42. The summed E-state index contributed by atoms with van der Waals surface area (Å²) in [7, 11) is 1.67. The molecule has 0 amide bonds. The summed E-state index contributed by atoms with van der Waals surface area (Å²) in [4.78, 5) is 7.68. The number of aryl methyl sites for hydroxylation is 2. The number of hydrogen-bond donors (Lipinski definition) is 1. The van der Waals surface area contributed by atoms with Gasteiger partial charge in [-0.2, -0.15) is 0 Å². The van der Waals surface area contributed by atoms with Crippen molar-refractivity contribution >= 4 is 23.4 Å². The lowest BCUT2D eigenvalue weighted by Crippen LogP contribution is -1.97. The number of fused-ring (bicyclic) bond motifs is 1. The third-order valence-electron chi connectivity index (χ3n) is 3.30. The molecule has 0 saturated heterocycles. The molecular formula is C15H15N3OS. The van der Waals surface area contributed by atoms with Crippen molar-refractivity contribution in [2.75, 3.05) is 7.11 Å². The number of imidazole rings is 1. The fourth-order valence-electron chi connectivity index (χ4n) is 2.34. The molecule has 2 heterocycles. The van der Waals surface area contributed by atoms with E-state index in [1.807, 2.05) is 48.9 Å². The van der Waals surface area contributed by atoms with Crippen LogP contribution in [-0.2, 0) is 0 Å². The van der Waals surface area contributed by atoms with Crippen LogP contribution in [-0.4, -0.2) is 21.6 Å². The Kier molecular flexibility index (Phi) is 3.06. The monoisotopic (exact) mass is 285 g/mol. The molecule has 0 unspecified atom stereocenters. The molecule has 0 spiro atoms. The molecular weight excluding hydrogens is 270 g/mol. The minimum atomic E-state index is 0.641. The highest BCUT2D eigenvalue weighted by Gasteiger charge is 2.09. The number of H-pyrrole nitrogens is 1. The van der Waals surface area contributed by atoms with Gasteiger partial charge in [-0.15, -0.1) is 0 Å². The molecule has 0 saturated carbocycles. The fraction of sp³-hybridized carbons (Fsp3) is 0.200. The summed E-state index contributed by atoms with van der Waals surface area (Å²) < 4.78 is 7.87. The number of rotatable bonds is 2. The van der Waals surface area contributed by atoms with Crippen molar-refractivity contribution in [3.63, 3.8) is 0 Å². The zero-order valence-corrected chi connectivity index (χ0v) is 12.4. The lowest BCUT2D eigenvalue weighted by Gasteiger charge is -2.08. The van der Waals surface area contributed by atoms with Crippen molar-refractivity contribution < 1.29 is 4.74 Å². The van der Waals surface area contributed by atoms with Crippen molar-refractivity contribution in [2.45, 2.75) is 13.8 Å². The number of methoxy groups -OCH3 is 1. The normalized spacial score (nSPS) is 10.9. The van der Waals surface area contributed by atoms with E-state index in [0.717, 1.165) is 33.7 Å². The Morgan fingerprint density at radius 1 is 1.25 bits per heavy atom. The zero-order chi connectivity index (χ0) is 14.3. The van der Waals surface area contributed by atoms with Crippen LogP contribution >= 0.6 is 12.2 Å². The molecule has 0 radical (unpaired) electrons. The number of aromatic nitrogens is 3. The zero-order valence-electron chi connectivity index (χ0n) is 11.6. The molecule has 0 aliphatic carbocycles. The van der Waals surface area contributed by atoms with Gasteiger partial charge in [0.15, 0.2) is 10.4 Å². The third-order valence-corrected chi connectivity index (χ3v) is 3.58. The summed E-state index contributed by atoms with van der Waals surface area (Å²) in [5.41, 5.74) is 4.93. The number of nitrogens with one attached hydrogen (secondary N) is 1. The third kappa shape index (κ3) is 2.00. The van der Waals surface area contributed by atoms with E-state index in [2.05, 4.69) is 9.97 Å². The van der Waals surface area contributed by atoms with E-state index in [9.17, 15) is 0 Å². The van der Waals surface area contributed by atoms with Crippen LogP contribution in [0, 0.1) is 18.6 Å². The summed E-state index contributed by atoms with van der Waals surface area (Å²) >= 11 is 5.42. The van der Waals surface area contributed by atoms with Crippen LogP contribution in [0.1, 0.15) is 11.1 Å². The Morgan fingerprint density at radius 3 is 2.75 bits per heavy atom. The first-order valence-electron chi connectivity index (χ1n) is 6.32. The quantitative estimate of drug-likeness (QED) is 0.730. The molecule has 1 aromatic carbocycles. The molecule has 4 nitrogen and oxygen atoms in total. The first-order valence-corrected chi connectivity index (χ1v) is 6.73. The van der Waals surface area contributed by atoms with E-state index in [1.54, 1.807) is 7.11 Å². The van der Waals surface area contributed by atoms with Crippen molar-refractivity contribution in [1.29, 1.82) is 0 Å². The van der Waals surface area contributed by atoms with E-state index in [1.165, 1.54) is 0 Å². The lowest BCUT2D eigenvalue weighted by atomic mass is 10.2. The van der Waals surface area contributed by atoms with Gasteiger partial charge in [-0.3, -0.25) is 4.57 Å². The predicted molar refractivity (Wildman–Crippen MR) is 82.3 cm³/mol. The Morgan fingerprint density at radius 2 is 2.05 bits per heavy atom. The maximum Gasteiger partial charge on any atom is 0.183 e. The highest BCUT2D eigenvalue weighted by atomic mass is 32.1. The molecule has 5 heteroatoms. The summed E-state index contributed by atoms with van der Waals surface area (Å²) in [6, 6.07) is 8.02. The molecule has 2 aromatic heterocycles. The van der Waals surface area contributed by atoms with E-state index < -0.39 is 0 Å². The van der Waals surface area contributed by atoms with Crippen LogP contribution in [0.25, 0.3) is 16.9 Å². The molecule has 1 N–H and O–H groups in total. The van der Waals surface area contributed by atoms with Crippen molar-refractivity contribution in [3.8, 4) is 11.4 Å². The number of aromatic amines is 1. The highest BCUT2D eigenvalue weighted by Crippen LogP contribution is 2.24. The average molecular weight is 285 g/mol. The van der Waals surface area contributed by atoms with Gasteiger partial charge in [-0.05, 0) is 61.5 Å². The van der Waals surface area contributed by atoms with Gasteiger partial charge in [0.1, 0.15) is 5.75 Å². The molecule has 0 aliphatic heterocycles. The second-order valence-corrected chi connectivity index (χ2v) is 5.19. The first kappa shape index (κ1) is 12.9. The van der Waals surface area contributed by atoms with E-state index in [0.29, 0.717) is 4.77 Å². The minimum Gasteiger partial charge on any atom is -0.496 e. The highest BCUT2D eigenvalue weighted by molar-refractivity contribution is 7.71. The van der Waals surface area contributed by atoms with Crippen LogP contribution < -0.4 is 4.74 Å². The first-order chi connectivity index (χ1) is 9.60. The van der Waals surface area contributed by atoms with Crippen molar-refractivity contribution in [3.05, 3.63) is 46.4 Å². The standard InChI is InChI=1S/C15H15N3OS/c1-9-6-12-14(16-8-9)18(15(20)17-12)11-4-5-13(19-3)10(2)7-11/h4-8H,1-3H3,(H,17,20). The Bertz CT molecular complexity index is 848. The van der Waals surface area contributed by atoms with Gasteiger partial charge in [0.05, 0.1) is 18.3 Å². The minimum absolute atomic E-state index is 0.641. The predicted octanol–water partition coefficient (Wildman–Crippen LogP) is 3.71. The lowest BCUT2D eigenvalue weighted by molar-refractivity contribution is 0.411. The summed E-state index contributed by atoms with van der Waals surface area (Å²) in [6.07, 6.45) is 1.85. The van der Waals surface area contributed by atoms with Gasteiger partial charge in [0, 0.05) is 6.20 Å². The second-order valence-electron chi connectivity index (χ2n) is 4.80. The van der Waals surface area contributed by atoms with Gasteiger partial charge in [0.2, 0.25) is 0 Å². The Hall–Kier alpha value is -2.14. The van der Waals surface area contributed by atoms with E-state index >= 15 is 0 Å². The van der Waals surface area contributed by atoms with E-state index in [-0.39, 0.29) is 0 Å². The fourth-order valence-corrected chi connectivity index (χ4v) is 2.64. The molecule has 3 rings (SSSR count). The smallest absolute Gasteiger partial charge is 0.183 e. The largest absolute Gasteiger partial charge is 0.496 e. The summed E-state index contributed by atoms with van der Waals surface area (Å²) in [5, 5.41) is 0. The number of hydrogen-bond acceptors (Lipinski definition) is 3. The van der Waals surface area contributed by atoms with Gasteiger partial charge < -0.3 is 9.72 Å². The van der Waals surface area contributed by atoms with Gasteiger partial charge in [0.25, 0.3) is 0 Å². The van der Waals surface area contributed by atoms with Crippen LogP contribution in [0.15, 0.2) is 30.5 Å². The molecule has 102 valence electrons. The van der Waals surface area contributed by atoms with Crippen LogP contribution in [0.3, 0.4) is 0 Å². The number of benzene rings is 1. The molecule has 0 fully saturated rings. The van der Waals surface area contributed by atoms with Crippen molar-refractivity contribution in [1.82, 2.24) is 14.5 Å². The SMILES string of the molecule is COc1ccc(-n2c(=S)[nH]c3cc(C)cnc32)cc1C. The topological polar surface area (TPSA) is 42.8 Å². The molecule has 0 bridgehead atoms. The maximum absolute atomic E-state index is 5.42. The van der Waals surface area contributed by atoms with E-state index in [4.69, 9.17) is 17.0 Å². The number of pyridine rings is 1. The number of nitrogens with zero attached hydrogens (tertiary/aromatic N) is 2. The summed E-state index contributed by atoms with van der Waals surface area (Å²) in [5.74, 6) is 0.865. The van der Waals surface area contributed by atoms with Crippen molar-refractivity contribution in [2.24, 2.45) is 0 Å². The average Bonchev–Trinajstić information content (AvgIpc) is 2.73. The molecule has 0 atom stereocenters. The second kappa shape index (κ2) is 4.76. The van der Waals surface area contributed by atoms with Gasteiger partial charge in [-0.25, -0.2) is 4.98 Å². The van der Waals surface area contributed by atoms with Crippen LogP contribution in [0.4, 0.5) is 0 Å². The summed E-state index contributed by atoms with van der Waals surface area (Å²) in [6.45, 7) is 4.02. The van der Waals surface area contributed by atoms with Crippen LogP contribution in [0.2, 0.25) is 0 Å². The van der Waals surface area contributed by atoms with Gasteiger partial charge >= 0.3 is 0 Å². The Labute approximate surface area is 122 Å². The van der Waals surface area contributed by atoms with Crippen LogP contribution in [0.5, 0.6) is 5.75 Å². The molecule has 0 aliphatic rings. The van der Waals surface area contributed by atoms with Gasteiger partial charge in [-0.1, -0.05) is 0 Å². The Balaban J connectivity index is 2.26. The molecule has 20 heavy (non-hydrogen) atoms.